The lowest BCUT2D eigenvalue weighted by molar-refractivity contribution is 0.0477. The Kier molecular flexibility index (Phi) is 17.7. The van der Waals surface area contributed by atoms with Gasteiger partial charge in [0.25, 0.3) is 0 Å². The van der Waals surface area contributed by atoms with Gasteiger partial charge in [-0.15, -0.1) is 0 Å². The van der Waals surface area contributed by atoms with Crippen LogP contribution in [0.2, 0.25) is 24.2 Å². The molecule has 40 heavy (non-hydrogen) atoms. The van der Waals surface area contributed by atoms with Gasteiger partial charge in [0.2, 0.25) is 0 Å². The molecule has 0 atom stereocenters. The molecule has 1 aliphatic rings. The second-order valence-corrected chi connectivity index (χ2v) is 26.2. The summed E-state index contributed by atoms with van der Waals surface area (Å²) in [5.41, 5.74) is 0. The van der Waals surface area contributed by atoms with Crippen LogP contribution < -0.4 is 0 Å². The summed E-state index contributed by atoms with van der Waals surface area (Å²) in [7, 11) is -11.9. The fraction of sp³-hybridized carbons (Fsp3) is 1.00. The molecule has 0 bridgehead atoms. The molecule has 8 nitrogen and oxygen atoms in total. The third kappa shape index (κ3) is 13.0. The highest BCUT2D eigenvalue weighted by Crippen LogP contribution is 2.40. The van der Waals surface area contributed by atoms with Crippen molar-refractivity contribution in [2.45, 2.75) is 157 Å². The van der Waals surface area contributed by atoms with Gasteiger partial charge in [-0.1, -0.05) is 53.4 Å². The molecule has 0 saturated carbocycles. The monoisotopic (exact) mass is 640 g/mol. The first-order valence-electron chi connectivity index (χ1n) is 16.0. The summed E-state index contributed by atoms with van der Waals surface area (Å²) in [6.07, 6.45) is 5.83. The van der Waals surface area contributed by atoms with Gasteiger partial charge >= 0.3 is 34.2 Å². The highest BCUT2D eigenvalue weighted by atomic mass is 28.5. The Hall–Kier alpha value is 0.548. The Morgan fingerprint density at radius 3 is 0.675 bits per heavy atom. The van der Waals surface area contributed by atoms with Crippen molar-refractivity contribution in [1.82, 2.24) is 0 Å². The van der Waals surface area contributed by atoms with Gasteiger partial charge in [0, 0.05) is 0 Å². The molecular weight excluding hydrogens is 577 g/mol. The van der Waals surface area contributed by atoms with E-state index >= 15 is 0 Å². The van der Waals surface area contributed by atoms with E-state index in [0.29, 0.717) is 24.9 Å². The molecule has 0 radical (unpaired) electrons. The Bertz CT molecular complexity index is 561. The lowest BCUT2D eigenvalue weighted by atomic mass is 10.5. The normalized spacial score (nSPS) is 30.0. The van der Waals surface area contributed by atoms with E-state index in [1.807, 2.05) is 0 Å². The van der Waals surface area contributed by atoms with Crippen LogP contribution >= 0.6 is 0 Å². The van der Waals surface area contributed by atoms with Gasteiger partial charge in [-0.2, -0.15) is 0 Å². The topological polar surface area (TPSA) is 73.8 Å². The maximum atomic E-state index is 7.53. The molecule has 12 heteroatoms. The van der Waals surface area contributed by atoms with E-state index in [4.69, 9.17) is 35.4 Å². The average Bonchev–Trinajstić information content (AvgIpc) is 2.84. The fourth-order valence-corrected chi connectivity index (χ4v) is 29.2. The first-order valence-corrected chi connectivity index (χ1v) is 24.9. The van der Waals surface area contributed by atoms with Gasteiger partial charge in [0.1, 0.15) is 0 Å². The fourth-order valence-electron chi connectivity index (χ4n) is 5.07. The Morgan fingerprint density at radius 2 is 0.550 bits per heavy atom. The molecule has 240 valence electrons. The molecule has 0 aromatic carbocycles. The van der Waals surface area contributed by atoms with E-state index in [1.165, 1.54) is 0 Å². The molecule has 0 unspecified atom stereocenters. The van der Waals surface area contributed by atoms with E-state index in [2.05, 4.69) is 83.1 Å². The quantitative estimate of drug-likeness (QED) is 0.128. The molecule has 0 N–H and O–H groups in total. The van der Waals surface area contributed by atoms with Crippen LogP contribution in [0.15, 0.2) is 0 Å². The van der Waals surface area contributed by atoms with Crippen LogP contribution in [0.1, 0.15) is 109 Å². The zero-order valence-corrected chi connectivity index (χ0v) is 32.1. The van der Waals surface area contributed by atoms with Gasteiger partial charge in [-0.3, -0.25) is 0 Å². The van der Waals surface area contributed by atoms with Crippen LogP contribution in [0.25, 0.3) is 0 Å². The summed E-state index contributed by atoms with van der Waals surface area (Å²) in [6.45, 7) is 25.4. The van der Waals surface area contributed by atoms with Crippen molar-refractivity contribution in [2.24, 2.45) is 0 Å². The number of hydrogen-bond acceptors (Lipinski definition) is 8. The van der Waals surface area contributed by atoms with E-state index < -0.39 is 34.2 Å². The lowest BCUT2D eigenvalue weighted by Gasteiger charge is -2.53. The summed E-state index contributed by atoms with van der Waals surface area (Å²) in [4.78, 5) is 0. The first-order chi connectivity index (χ1) is 18.7. The largest absolute Gasteiger partial charge is 0.413 e. The van der Waals surface area contributed by atoms with E-state index in [-0.39, 0.29) is 24.4 Å². The van der Waals surface area contributed by atoms with Gasteiger partial charge in [-0.05, 0) is 79.6 Å². The van der Waals surface area contributed by atoms with Crippen LogP contribution in [0.5, 0.6) is 0 Å². The Balaban J connectivity index is 3.92. The summed E-state index contributed by atoms with van der Waals surface area (Å²) in [6, 6.07) is 3.27. The van der Waals surface area contributed by atoms with Crippen LogP contribution in [0.3, 0.4) is 0 Å². The van der Waals surface area contributed by atoms with E-state index in [9.17, 15) is 0 Å². The third-order valence-electron chi connectivity index (χ3n) is 6.56. The van der Waals surface area contributed by atoms with Crippen LogP contribution in [-0.4, -0.2) is 83.6 Å². The first kappa shape index (κ1) is 38.6. The Morgan fingerprint density at radius 1 is 0.375 bits per heavy atom. The minimum atomic E-state index is -2.97. The maximum absolute atomic E-state index is 7.53. The summed E-state index contributed by atoms with van der Waals surface area (Å²) in [5, 5.41) is 0. The van der Waals surface area contributed by atoms with Gasteiger partial charge in [-0.25, -0.2) is 0 Å². The van der Waals surface area contributed by atoms with Gasteiger partial charge in [0.05, 0.1) is 49.3 Å². The predicted molar refractivity (Wildman–Crippen MR) is 172 cm³/mol. The molecule has 1 saturated heterocycles. The summed E-state index contributed by atoms with van der Waals surface area (Å²) in [5.74, 6) is 0. The number of rotatable bonds is 20. The van der Waals surface area contributed by atoms with Crippen molar-refractivity contribution in [3.8, 4) is 0 Å². The summed E-state index contributed by atoms with van der Waals surface area (Å²) >= 11 is 0. The lowest BCUT2D eigenvalue weighted by Crippen LogP contribution is -2.74. The molecule has 0 aromatic heterocycles. The smallest absolute Gasteiger partial charge is 0.347 e. The second-order valence-electron chi connectivity index (χ2n) is 12.5. The van der Waals surface area contributed by atoms with Crippen LogP contribution in [0.4, 0.5) is 0 Å². The zero-order valence-electron chi connectivity index (χ0n) is 28.1. The number of ether oxygens (including phenoxy) is 4. The molecule has 0 aliphatic carbocycles. The minimum Gasteiger partial charge on any atom is -0.413 e. The highest BCUT2D eigenvalue weighted by Gasteiger charge is 2.62. The van der Waals surface area contributed by atoms with Crippen molar-refractivity contribution < 1.29 is 35.4 Å². The molecule has 1 rings (SSSR count). The predicted octanol–water partition coefficient (Wildman–Crippen LogP) is 7.33. The molecule has 1 fully saturated rings. The average molecular weight is 641 g/mol. The molecular formula is C28H64O8Si4. The molecule has 0 amide bonds. The minimum absolute atomic E-state index is 0.0667. The van der Waals surface area contributed by atoms with Crippen LogP contribution in [-0.2, 0) is 35.4 Å². The Labute approximate surface area is 251 Å². The summed E-state index contributed by atoms with van der Waals surface area (Å²) < 4.78 is 55.5. The van der Waals surface area contributed by atoms with E-state index in [0.717, 1.165) is 49.9 Å². The van der Waals surface area contributed by atoms with Crippen molar-refractivity contribution in [3.63, 3.8) is 0 Å². The van der Waals surface area contributed by atoms with E-state index in [1.54, 1.807) is 0 Å². The molecule has 1 heterocycles. The molecule has 0 spiro atoms. The van der Waals surface area contributed by atoms with Gasteiger partial charge < -0.3 is 35.4 Å². The SMILES string of the molecule is CCC[Si]1(COC(C)C)O[Si](CCC)(COC(C)C)O[Si](CCC)(COC(C)C)O[Si](CCC)(COC(C)C)O1. The number of hydrogen-bond donors (Lipinski definition) is 0. The molecule has 1 aliphatic heterocycles. The standard InChI is InChI=1S/C28H64O8Si4/c1-13-17-37(21-29-25(5)6)33-38(18-14-2,22-30-26(7)8)35-40(20-16-4,24-32-28(11)12)36-39(34-37,19-15-3)23-31-27(9)10/h25-28H,13-24H2,1-12H3. The van der Waals surface area contributed by atoms with Crippen molar-refractivity contribution >= 4 is 34.2 Å². The van der Waals surface area contributed by atoms with Crippen molar-refractivity contribution in [2.75, 3.05) is 24.9 Å². The second kappa shape index (κ2) is 18.4. The van der Waals surface area contributed by atoms with Crippen molar-refractivity contribution in [3.05, 3.63) is 0 Å². The maximum Gasteiger partial charge on any atom is 0.347 e. The van der Waals surface area contributed by atoms with Crippen LogP contribution in [0, 0.1) is 0 Å². The van der Waals surface area contributed by atoms with Crippen molar-refractivity contribution in [1.29, 1.82) is 0 Å². The third-order valence-corrected chi connectivity index (χ3v) is 25.9. The highest BCUT2D eigenvalue weighted by molar-refractivity contribution is 6.95. The molecule has 0 aromatic rings. The zero-order chi connectivity index (χ0) is 30.5. The van der Waals surface area contributed by atoms with Gasteiger partial charge in [0.15, 0.2) is 0 Å².